The molecule has 0 aliphatic carbocycles. The van der Waals surface area contributed by atoms with Crippen LogP contribution in [0.4, 0.5) is 39.5 Å². The van der Waals surface area contributed by atoms with Gasteiger partial charge in [0.25, 0.3) is 0 Å². The number of nitrogens with zero attached hydrogens (tertiary/aromatic N) is 6. The molecule has 0 bridgehead atoms. The van der Waals surface area contributed by atoms with Gasteiger partial charge in [-0.2, -0.15) is 39.5 Å². The summed E-state index contributed by atoms with van der Waals surface area (Å²) in [7, 11) is 0. The summed E-state index contributed by atoms with van der Waals surface area (Å²) in [5.74, 6) is 0. The summed E-state index contributed by atoms with van der Waals surface area (Å²) in [6.07, 6.45) is -12.6. The molecule has 0 aliphatic rings. The predicted octanol–water partition coefficient (Wildman–Crippen LogP) is 12.9. The second-order valence-electron chi connectivity index (χ2n) is 13.7. The maximum absolute atomic E-state index is 13.8. The quantitative estimate of drug-likeness (QED) is 0.161. The lowest BCUT2D eigenvalue weighted by atomic mass is 9.95. The minimum Gasteiger partial charge on any atom is -0.252 e. The van der Waals surface area contributed by atoms with E-state index >= 15 is 0 Å². The Bertz CT molecular complexity index is 2950. The fourth-order valence-electron chi connectivity index (χ4n) is 6.83. The molecule has 6 aromatic carbocycles. The second kappa shape index (κ2) is 14.2. The van der Waals surface area contributed by atoms with E-state index in [9.17, 15) is 39.5 Å². The molecule has 0 aliphatic heterocycles. The number of halogens is 9. The molecule has 0 unspecified atom stereocenters. The van der Waals surface area contributed by atoms with Crippen molar-refractivity contribution in [2.24, 2.45) is 0 Å². The van der Waals surface area contributed by atoms with E-state index in [-0.39, 0.29) is 61.6 Å². The van der Waals surface area contributed by atoms with Crippen LogP contribution in [0, 0.1) is 0 Å². The number of hydrogen-bond acceptors (Lipinski definition) is 6. The molecular formula is C45H23F9N6. The van der Waals surface area contributed by atoms with Crippen LogP contribution in [0.2, 0.25) is 0 Å². The van der Waals surface area contributed by atoms with E-state index in [1.807, 2.05) is 0 Å². The van der Waals surface area contributed by atoms with Crippen molar-refractivity contribution in [1.82, 2.24) is 29.9 Å². The normalized spacial score (nSPS) is 12.4. The zero-order valence-electron chi connectivity index (χ0n) is 30.4. The van der Waals surface area contributed by atoms with Crippen LogP contribution >= 0.6 is 0 Å². The lowest BCUT2D eigenvalue weighted by Crippen LogP contribution is -2.06. The number of benzene rings is 6. The van der Waals surface area contributed by atoms with Crippen molar-refractivity contribution < 1.29 is 39.5 Å². The van der Waals surface area contributed by atoms with E-state index in [2.05, 4.69) is 9.97 Å². The van der Waals surface area contributed by atoms with Gasteiger partial charge in [0.15, 0.2) is 0 Å². The van der Waals surface area contributed by atoms with Crippen molar-refractivity contribution in [3.05, 3.63) is 156 Å². The first kappa shape index (κ1) is 38.2. The minimum absolute atomic E-state index is 0.0140. The molecule has 15 heteroatoms. The van der Waals surface area contributed by atoms with Crippen LogP contribution < -0.4 is 0 Å². The van der Waals surface area contributed by atoms with E-state index in [1.54, 1.807) is 78.9 Å². The predicted molar refractivity (Wildman–Crippen MR) is 208 cm³/mol. The zero-order valence-corrected chi connectivity index (χ0v) is 30.4. The van der Waals surface area contributed by atoms with Gasteiger partial charge in [-0.3, -0.25) is 4.98 Å². The molecule has 0 saturated heterocycles. The molecule has 0 amide bonds. The number of rotatable bonds is 5. The highest BCUT2D eigenvalue weighted by molar-refractivity contribution is 5.93. The van der Waals surface area contributed by atoms with Gasteiger partial charge in [-0.25, -0.2) is 24.9 Å². The van der Waals surface area contributed by atoms with Crippen molar-refractivity contribution >= 4 is 33.1 Å². The summed E-state index contributed by atoms with van der Waals surface area (Å²) in [6.45, 7) is 0. The Labute approximate surface area is 333 Å². The van der Waals surface area contributed by atoms with E-state index in [0.29, 0.717) is 27.8 Å². The first-order valence-corrected chi connectivity index (χ1v) is 18.0. The molecule has 0 fully saturated rings. The average Bonchev–Trinajstić information content (AvgIpc) is 3.24. The van der Waals surface area contributed by atoms with Gasteiger partial charge in [0.2, 0.25) is 0 Å². The van der Waals surface area contributed by atoms with Crippen molar-refractivity contribution in [2.75, 3.05) is 0 Å². The molecule has 0 saturated carbocycles. The largest absolute Gasteiger partial charge is 0.416 e. The van der Waals surface area contributed by atoms with Crippen LogP contribution in [0.15, 0.2) is 140 Å². The Kier molecular flexibility index (Phi) is 9.06. The van der Waals surface area contributed by atoms with Gasteiger partial charge < -0.3 is 0 Å². The lowest BCUT2D eigenvalue weighted by Gasteiger charge is -2.16. The van der Waals surface area contributed by atoms with Crippen LogP contribution in [0.3, 0.4) is 0 Å². The molecule has 9 aromatic rings. The fourth-order valence-corrected chi connectivity index (χ4v) is 6.83. The Morgan fingerprint density at radius 2 is 0.650 bits per heavy atom. The monoisotopic (exact) mass is 818 g/mol. The molecule has 0 N–H and O–H groups in total. The Balaban J connectivity index is 1.33. The number of aromatic nitrogens is 6. The average molecular weight is 819 g/mol. The van der Waals surface area contributed by atoms with Crippen LogP contribution in [0.25, 0.3) is 89.4 Å². The van der Waals surface area contributed by atoms with Crippen molar-refractivity contribution in [3.63, 3.8) is 0 Å². The summed E-state index contributed by atoms with van der Waals surface area (Å²) in [4.78, 5) is 28.0. The van der Waals surface area contributed by atoms with Crippen LogP contribution in [0.5, 0.6) is 0 Å². The van der Waals surface area contributed by atoms with Crippen LogP contribution in [-0.4, -0.2) is 29.9 Å². The van der Waals surface area contributed by atoms with Crippen molar-refractivity contribution in [1.29, 1.82) is 0 Å². The number of alkyl halides is 9. The molecule has 3 heterocycles. The molecule has 3 aromatic heterocycles. The maximum atomic E-state index is 13.8. The summed E-state index contributed by atoms with van der Waals surface area (Å²) < 4.78 is 124. The van der Waals surface area contributed by atoms with Gasteiger partial charge in [0.1, 0.15) is 0 Å². The smallest absolute Gasteiger partial charge is 0.252 e. The Morgan fingerprint density at radius 1 is 0.300 bits per heavy atom. The SMILES string of the molecule is FC(F)(F)c1ccc2nc(-c3cc(-c4nc5ccc(C(F)(F)F)cc5nc4-c4ccccc4)cc(-c4nc5ccc(C(F)(F)F)cc5nc4-c4ccccc4)c3)cnc2c1. The van der Waals surface area contributed by atoms with E-state index in [4.69, 9.17) is 19.9 Å². The van der Waals surface area contributed by atoms with Crippen molar-refractivity contribution in [2.45, 2.75) is 18.5 Å². The third-order valence-corrected chi connectivity index (χ3v) is 9.72. The highest BCUT2D eigenvalue weighted by Gasteiger charge is 2.33. The van der Waals surface area contributed by atoms with Crippen molar-refractivity contribution in [3.8, 4) is 56.3 Å². The highest BCUT2D eigenvalue weighted by Crippen LogP contribution is 2.41. The summed E-state index contributed by atoms with van der Waals surface area (Å²) in [6, 6.07) is 31.4. The first-order chi connectivity index (χ1) is 28.6. The Hall–Kier alpha value is -7.29. The fraction of sp³-hybridized carbons (Fsp3) is 0.0667. The highest BCUT2D eigenvalue weighted by atomic mass is 19.4. The summed E-state index contributed by atoms with van der Waals surface area (Å²) >= 11 is 0. The van der Waals surface area contributed by atoms with Gasteiger partial charge in [0, 0.05) is 27.8 Å². The molecule has 0 radical (unpaired) electrons. The maximum Gasteiger partial charge on any atom is 0.416 e. The van der Waals surface area contributed by atoms with Gasteiger partial charge in [-0.15, -0.1) is 0 Å². The molecule has 296 valence electrons. The third-order valence-electron chi connectivity index (χ3n) is 9.72. The minimum atomic E-state index is -4.65. The summed E-state index contributed by atoms with van der Waals surface area (Å²) in [5.41, 5.74) is 0.970. The Morgan fingerprint density at radius 3 is 1.07 bits per heavy atom. The van der Waals surface area contributed by atoms with Gasteiger partial charge in [-0.05, 0) is 72.8 Å². The van der Waals surface area contributed by atoms with E-state index in [1.165, 1.54) is 24.4 Å². The van der Waals surface area contributed by atoms with Crippen LogP contribution in [-0.2, 0) is 18.5 Å². The number of fused-ring (bicyclic) bond motifs is 3. The number of hydrogen-bond donors (Lipinski definition) is 0. The zero-order chi connectivity index (χ0) is 42.0. The molecular weight excluding hydrogens is 796 g/mol. The van der Waals surface area contributed by atoms with Gasteiger partial charge in [0.05, 0.1) is 84.5 Å². The lowest BCUT2D eigenvalue weighted by molar-refractivity contribution is -0.138. The van der Waals surface area contributed by atoms with Crippen LogP contribution in [0.1, 0.15) is 16.7 Å². The van der Waals surface area contributed by atoms with Gasteiger partial charge >= 0.3 is 18.5 Å². The molecule has 0 atom stereocenters. The first-order valence-electron chi connectivity index (χ1n) is 18.0. The second-order valence-corrected chi connectivity index (χ2v) is 13.7. The topological polar surface area (TPSA) is 77.3 Å². The van der Waals surface area contributed by atoms with E-state index < -0.39 is 35.2 Å². The summed E-state index contributed by atoms with van der Waals surface area (Å²) in [5, 5.41) is 0. The third kappa shape index (κ3) is 7.33. The van der Waals surface area contributed by atoms with Gasteiger partial charge in [-0.1, -0.05) is 60.7 Å². The molecule has 60 heavy (non-hydrogen) atoms. The molecule has 0 spiro atoms. The molecule has 9 rings (SSSR count). The standard InChI is InChI=1S/C45H23F9N6/c46-43(47,48)29-11-14-32-35(20-29)55-23-38(56-32)26-17-27(41-39(24-7-3-1-4-8-24)59-36-21-30(44(49,50)51)12-15-33(36)57-41)19-28(18-26)42-40(25-9-5-2-6-10-25)60-37-22-31(45(52,53)54)13-16-34(37)58-42/h1-23H. The van der Waals surface area contributed by atoms with E-state index in [0.717, 1.165) is 36.4 Å². The molecule has 6 nitrogen and oxygen atoms in total.